The van der Waals surface area contributed by atoms with Crippen LogP contribution in [-0.4, -0.2) is 27.1 Å². The van der Waals surface area contributed by atoms with Crippen molar-refractivity contribution in [3.63, 3.8) is 0 Å². The van der Waals surface area contributed by atoms with Crippen LogP contribution >= 0.6 is 0 Å². The van der Waals surface area contributed by atoms with Gasteiger partial charge in [-0.25, -0.2) is 4.98 Å². The van der Waals surface area contributed by atoms with Crippen molar-refractivity contribution in [3.8, 4) is 0 Å². The second-order valence-electron chi connectivity index (χ2n) is 5.68. The number of benzene rings is 1. The average molecular weight is 284 g/mol. The van der Waals surface area contributed by atoms with E-state index in [4.69, 9.17) is 0 Å². The monoisotopic (exact) mass is 284 g/mol. The Labute approximate surface area is 124 Å². The molecule has 0 radical (unpaired) electrons. The van der Waals surface area contributed by atoms with Gasteiger partial charge in [-0.05, 0) is 44.1 Å². The molecule has 1 aliphatic rings. The predicted octanol–water partition coefficient (Wildman–Crippen LogP) is 2.57. The lowest BCUT2D eigenvalue weighted by atomic mass is 9.82. The maximum absolute atomic E-state index is 12.0. The fourth-order valence-electron chi connectivity index (χ4n) is 2.99. The highest BCUT2D eigenvalue weighted by Crippen LogP contribution is 2.32. The van der Waals surface area contributed by atoms with Crippen LogP contribution in [0, 0.1) is 6.92 Å². The second-order valence-corrected chi connectivity index (χ2v) is 5.68. The number of carbonyl (C=O) groups is 1. The van der Waals surface area contributed by atoms with Crippen molar-refractivity contribution in [3.05, 3.63) is 47.5 Å². The second kappa shape index (κ2) is 6.08. The molecule has 0 unspecified atom stereocenters. The molecule has 2 aromatic rings. The standard InChI is InChI=1S/C16H20N4O/c1-11-17-15(20-19-11)16(21)18-14-9-7-13(8-10-14)12-5-3-2-4-6-12/h2-6,13-14H,7-10H2,1H3,(H,18,21)(H,17,19,20). The van der Waals surface area contributed by atoms with Gasteiger partial charge in [0.15, 0.2) is 0 Å². The van der Waals surface area contributed by atoms with Crippen LogP contribution < -0.4 is 5.32 Å². The smallest absolute Gasteiger partial charge is 0.291 e. The van der Waals surface area contributed by atoms with E-state index in [0.29, 0.717) is 11.7 Å². The van der Waals surface area contributed by atoms with Crippen LogP contribution in [0.5, 0.6) is 0 Å². The molecule has 1 aliphatic carbocycles. The Morgan fingerprint density at radius 1 is 1.19 bits per heavy atom. The first-order valence-electron chi connectivity index (χ1n) is 7.47. The number of aryl methyl sites for hydroxylation is 1. The van der Waals surface area contributed by atoms with Gasteiger partial charge in [-0.1, -0.05) is 30.3 Å². The van der Waals surface area contributed by atoms with E-state index >= 15 is 0 Å². The van der Waals surface area contributed by atoms with Crippen LogP contribution in [0.25, 0.3) is 0 Å². The Hall–Kier alpha value is -2.17. The Morgan fingerprint density at radius 3 is 2.52 bits per heavy atom. The average Bonchev–Trinajstić information content (AvgIpc) is 2.96. The highest BCUT2D eigenvalue weighted by molar-refractivity contribution is 5.90. The fraction of sp³-hybridized carbons (Fsp3) is 0.438. The van der Waals surface area contributed by atoms with Gasteiger partial charge in [-0.3, -0.25) is 9.89 Å². The van der Waals surface area contributed by atoms with Gasteiger partial charge < -0.3 is 5.32 Å². The van der Waals surface area contributed by atoms with E-state index in [1.54, 1.807) is 6.92 Å². The van der Waals surface area contributed by atoms with Gasteiger partial charge in [0.2, 0.25) is 5.82 Å². The lowest BCUT2D eigenvalue weighted by Crippen LogP contribution is -2.37. The van der Waals surface area contributed by atoms with Crippen molar-refractivity contribution in [1.82, 2.24) is 20.5 Å². The van der Waals surface area contributed by atoms with Crippen LogP contribution in [-0.2, 0) is 0 Å². The normalized spacial score (nSPS) is 22.0. The molecule has 1 aromatic carbocycles. The quantitative estimate of drug-likeness (QED) is 0.910. The van der Waals surface area contributed by atoms with E-state index in [9.17, 15) is 4.79 Å². The van der Waals surface area contributed by atoms with Gasteiger partial charge in [-0.2, -0.15) is 0 Å². The Kier molecular flexibility index (Phi) is 3.99. The minimum atomic E-state index is -0.178. The number of hydrogen-bond donors (Lipinski definition) is 2. The summed E-state index contributed by atoms with van der Waals surface area (Å²) in [7, 11) is 0. The topological polar surface area (TPSA) is 70.7 Å². The maximum atomic E-state index is 12.0. The molecule has 1 heterocycles. The molecule has 1 saturated carbocycles. The summed E-state index contributed by atoms with van der Waals surface area (Å²) in [6.07, 6.45) is 4.24. The SMILES string of the molecule is Cc1nc(C(=O)NC2CCC(c3ccccc3)CC2)n[nH]1. The number of H-pyrrole nitrogens is 1. The molecule has 5 heteroatoms. The van der Waals surface area contributed by atoms with E-state index in [1.165, 1.54) is 5.56 Å². The van der Waals surface area contributed by atoms with Crippen LogP contribution in [0.4, 0.5) is 0 Å². The van der Waals surface area contributed by atoms with Crippen LogP contribution in [0.3, 0.4) is 0 Å². The van der Waals surface area contributed by atoms with Gasteiger partial charge >= 0.3 is 0 Å². The molecular weight excluding hydrogens is 264 g/mol. The molecule has 0 saturated heterocycles. The first kappa shape index (κ1) is 13.8. The van der Waals surface area contributed by atoms with Crippen molar-refractivity contribution in [2.24, 2.45) is 0 Å². The van der Waals surface area contributed by atoms with E-state index in [0.717, 1.165) is 25.7 Å². The van der Waals surface area contributed by atoms with Crippen molar-refractivity contribution in [2.75, 3.05) is 0 Å². The van der Waals surface area contributed by atoms with Crippen LogP contribution in [0.15, 0.2) is 30.3 Å². The molecule has 21 heavy (non-hydrogen) atoms. The largest absolute Gasteiger partial charge is 0.347 e. The summed E-state index contributed by atoms with van der Waals surface area (Å²) in [5, 5.41) is 9.63. The van der Waals surface area contributed by atoms with E-state index < -0.39 is 0 Å². The van der Waals surface area contributed by atoms with E-state index in [-0.39, 0.29) is 17.8 Å². The molecule has 0 aliphatic heterocycles. The lowest BCUT2D eigenvalue weighted by molar-refractivity contribution is 0.0915. The van der Waals surface area contributed by atoms with Crippen LogP contribution in [0.2, 0.25) is 0 Å². The molecule has 2 N–H and O–H groups in total. The maximum Gasteiger partial charge on any atom is 0.291 e. The summed E-state index contributed by atoms with van der Waals surface area (Å²) in [5.74, 6) is 1.33. The van der Waals surface area contributed by atoms with E-state index in [2.05, 4.69) is 44.8 Å². The minimum absolute atomic E-state index is 0.178. The number of nitrogens with zero attached hydrogens (tertiary/aromatic N) is 2. The molecule has 5 nitrogen and oxygen atoms in total. The highest BCUT2D eigenvalue weighted by atomic mass is 16.2. The third kappa shape index (κ3) is 3.29. The van der Waals surface area contributed by atoms with Gasteiger partial charge in [0.25, 0.3) is 5.91 Å². The molecular formula is C16H20N4O. The molecule has 0 atom stereocenters. The van der Waals surface area contributed by atoms with Gasteiger partial charge in [-0.15, -0.1) is 5.10 Å². The first-order chi connectivity index (χ1) is 10.2. The zero-order chi connectivity index (χ0) is 14.7. The van der Waals surface area contributed by atoms with E-state index in [1.807, 2.05) is 6.07 Å². The molecule has 0 bridgehead atoms. The summed E-state index contributed by atoms with van der Waals surface area (Å²) in [6, 6.07) is 10.9. The first-order valence-corrected chi connectivity index (χ1v) is 7.47. The molecule has 1 aromatic heterocycles. The number of rotatable bonds is 3. The number of nitrogens with one attached hydrogen (secondary N) is 2. The van der Waals surface area contributed by atoms with Crippen molar-refractivity contribution < 1.29 is 4.79 Å². The van der Waals surface area contributed by atoms with Crippen molar-refractivity contribution in [1.29, 1.82) is 0 Å². The predicted molar refractivity (Wildman–Crippen MR) is 80.0 cm³/mol. The van der Waals surface area contributed by atoms with Gasteiger partial charge in [0.1, 0.15) is 5.82 Å². The summed E-state index contributed by atoms with van der Waals surface area (Å²) >= 11 is 0. The lowest BCUT2D eigenvalue weighted by Gasteiger charge is -2.29. The summed E-state index contributed by atoms with van der Waals surface area (Å²) in [4.78, 5) is 16.1. The number of carbonyl (C=O) groups excluding carboxylic acids is 1. The zero-order valence-corrected chi connectivity index (χ0v) is 12.2. The number of amides is 1. The number of aromatic nitrogens is 3. The van der Waals surface area contributed by atoms with Crippen LogP contribution in [0.1, 0.15) is 53.6 Å². The highest BCUT2D eigenvalue weighted by Gasteiger charge is 2.24. The molecule has 1 fully saturated rings. The fourth-order valence-corrected chi connectivity index (χ4v) is 2.99. The van der Waals surface area contributed by atoms with Gasteiger partial charge in [0, 0.05) is 6.04 Å². The zero-order valence-electron chi connectivity index (χ0n) is 12.2. The number of hydrogen-bond acceptors (Lipinski definition) is 3. The number of aromatic amines is 1. The third-order valence-electron chi connectivity index (χ3n) is 4.13. The Balaban J connectivity index is 1.53. The third-order valence-corrected chi connectivity index (χ3v) is 4.13. The van der Waals surface area contributed by atoms with Crippen molar-refractivity contribution >= 4 is 5.91 Å². The molecule has 1 amide bonds. The Bertz CT molecular complexity index is 600. The van der Waals surface area contributed by atoms with Crippen molar-refractivity contribution in [2.45, 2.75) is 44.6 Å². The van der Waals surface area contributed by atoms with Gasteiger partial charge in [0.05, 0.1) is 0 Å². The summed E-state index contributed by atoms with van der Waals surface area (Å²) in [5.41, 5.74) is 1.41. The Morgan fingerprint density at radius 2 is 1.90 bits per heavy atom. The summed E-state index contributed by atoms with van der Waals surface area (Å²) < 4.78 is 0. The molecule has 110 valence electrons. The minimum Gasteiger partial charge on any atom is -0.347 e. The summed E-state index contributed by atoms with van der Waals surface area (Å²) in [6.45, 7) is 1.79. The molecule has 3 rings (SSSR count). The molecule has 0 spiro atoms.